The van der Waals surface area contributed by atoms with E-state index in [1.54, 1.807) is 22.9 Å². The molecule has 0 radical (unpaired) electrons. The molecular formula is C24H31ClF2N4O2. The number of rotatable bonds is 6. The van der Waals surface area contributed by atoms with Gasteiger partial charge in [0.1, 0.15) is 6.04 Å². The third-order valence-electron chi connectivity index (χ3n) is 6.53. The third kappa shape index (κ3) is 5.48. The van der Waals surface area contributed by atoms with Crippen LogP contribution in [0.25, 0.3) is 10.9 Å². The van der Waals surface area contributed by atoms with Crippen molar-refractivity contribution in [3.8, 4) is 0 Å². The van der Waals surface area contributed by atoms with Crippen molar-refractivity contribution in [2.24, 2.45) is 11.3 Å². The van der Waals surface area contributed by atoms with Gasteiger partial charge in [0.05, 0.1) is 10.5 Å². The molecule has 2 fully saturated rings. The lowest BCUT2D eigenvalue weighted by atomic mass is 9.86. The second-order valence-corrected chi connectivity index (χ2v) is 10.9. The second kappa shape index (κ2) is 8.85. The van der Waals surface area contributed by atoms with Gasteiger partial charge in [-0.05, 0) is 43.1 Å². The number of nitrogens with zero attached hydrogens (tertiary/aromatic N) is 2. The molecule has 2 aliphatic rings. The maximum Gasteiger partial charge on any atom is 0.273 e. The lowest BCUT2D eigenvalue weighted by molar-refractivity contribution is -0.125. The molecule has 0 saturated heterocycles. The van der Waals surface area contributed by atoms with E-state index < -0.39 is 23.3 Å². The number of benzene rings is 1. The first-order chi connectivity index (χ1) is 15.4. The molecular weight excluding hydrogens is 450 g/mol. The maximum atomic E-state index is 13.6. The predicted molar refractivity (Wildman–Crippen MR) is 124 cm³/mol. The molecule has 0 aliphatic heterocycles. The molecule has 180 valence electrons. The number of carbonyl (C=O) groups excluding carboxylic acids is 2. The van der Waals surface area contributed by atoms with Crippen molar-refractivity contribution in [3.05, 3.63) is 28.9 Å². The zero-order chi connectivity index (χ0) is 24.0. The number of hydrogen-bond acceptors (Lipinski definition) is 3. The smallest absolute Gasteiger partial charge is 0.273 e. The van der Waals surface area contributed by atoms with Gasteiger partial charge in [0.15, 0.2) is 5.69 Å². The lowest BCUT2D eigenvalue weighted by Gasteiger charge is -2.30. The summed E-state index contributed by atoms with van der Waals surface area (Å²) in [6, 6.07) is 4.69. The van der Waals surface area contributed by atoms with Crippen LogP contribution >= 0.6 is 11.6 Å². The Kier molecular flexibility index (Phi) is 6.42. The summed E-state index contributed by atoms with van der Waals surface area (Å²) < 4.78 is 28.8. The topological polar surface area (TPSA) is 76.0 Å². The van der Waals surface area contributed by atoms with Gasteiger partial charge in [0.25, 0.3) is 5.91 Å². The molecule has 33 heavy (non-hydrogen) atoms. The number of hydrogen-bond donors (Lipinski definition) is 2. The molecule has 1 aromatic heterocycles. The normalized spacial score (nSPS) is 19.9. The van der Waals surface area contributed by atoms with Gasteiger partial charge < -0.3 is 10.6 Å². The zero-order valence-corrected chi connectivity index (χ0v) is 20.0. The Balaban J connectivity index is 1.59. The van der Waals surface area contributed by atoms with Gasteiger partial charge in [0.2, 0.25) is 11.8 Å². The lowest BCUT2D eigenvalue weighted by Crippen LogP contribution is -2.54. The largest absolute Gasteiger partial charge is 0.352 e. The van der Waals surface area contributed by atoms with Crippen LogP contribution in [0, 0.1) is 11.3 Å². The minimum Gasteiger partial charge on any atom is -0.352 e. The molecule has 2 aliphatic carbocycles. The number of aromatic nitrogens is 2. The van der Waals surface area contributed by atoms with Crippen LogP contribution < -0.4 is 10.6 Å². The van der Waals surface area contributed by atoms with E-state index in [-0.39, 0.29) is 36.4 Å². The monoisotopic (exact) mass is 480 g/mol. The van der Waals surface area contributed by atoms with Crippen molar-refractivity contribution < 1.29 is 18.4 Å². The molecule has 2 aromatic rings. The van der Waals surface area contributed by atoms with Crippen molar-refractivity contribution in [1.82, 2.24) is 20.4 Å². The maximum absolute atomic E-state index is 13.6. The molecule has 9 heteroatoms. The first-order valence-electron chi connectivity index (χ1n) is 11.6. The highest BCUT2D eigenvalue weighted by Gasteiger charge is 2.37. The number of alkyl halides is 2. The Morgan fingerprint density at radius 3 is 2.48 bits per heavy atom. The average molecular weight is 481 g/mol. The molecule has 1 heterocycles. The summed E-state index contributed by atoms with van der Waals surface area (Å²) >= 11 is 6.46. The summed E-state index contributed by atoms with van der Waals surface area (Å²) in [5.74, 6) is -3.23. The van der Waals surface area contributed by atoms with Gasteiger partial charge in [0, 0.05) is 30.8 Å². The first-order valence-corrected chi connectivity index (χ1v) is 12.0. The Hall–Kier alpha value is -2.22. The highest BCUT2D eigenvalue weighted by molar-refractivity contribution is 6.35. The van der Waals surface area contributed by atoms with Crippen LogP contribution in [0.5, 0.6) is 0 Å². The fraction of sp³-hybridized carbons (Fsp3) is 0.625. The van der Waals surface area contributed by atoms with Crippen LogP contribution in [-0.2, 0) is 11.3 Å². The quantitative estimate of drug-likeness (QED) is 0.615. The molecule has 4 rings (SSSR count). The minimum absolute atomic E-state index is 0.0338. The van der Waals surface area contributed by atoms with Gasteiger partial charge in [-0.3, -0.25) is 14.3 Å². The Bertz CT molecular complexity index is 1050. The molecule has 2 amide bonds. The van der Waals surface area contributed by atoms with Gasteiger partial charge in [-0.2, -0.15) is 5.10 Å². The zero-order valence-electron chi connectivity index (χ0n) is 19.3. The Morgan fingerprint density at radius 1 is 1.21 bits per heavy atom. The van der Waals surface area contributed by atoms with E-state index >= 15 is 0 Å². The highest BCUT2D eigenvalue weighted by Crippen LogP contribution is 2.37. The van der Waals surface area contributed by atoms with Crippen LogP contribution in [0.15, 0.2) is 18.2 Å². The summed E-state index contributed by atoms with van der Waals surface area (Å²) in [7, 11) is 0. The summed E-state index contributed by atoms with van der Waals surface area (Å²) in [4.78, 5) is 26.1. The minimum atomic E-state index is -2.60. The van der Waals surface area contributed by atoms with E-state index in [4.69, 9.17) is 11.6 Å². The number of halogens is 3. The summed E-state index contributed by atoms with van der Waals surface area (Å²) in [5, 5.41) is 11.4. The van der Waals surface area contributed by atoms with Crippen molar-refractivity contribution >= 4 is 34.3 Å². The summed E-state index contributed by atoms with van der Waals surface area (Å²) in [6.45, 7) is 6.11. The number of nitrogens with one attached hydrogen (secondary N) is 2. The van der Waals surface area contributed by atoms with E-state index in [1.165, 1.54) is 0 Å². The van der Waals surface area contributed by atoms with Crippen LogP contribution in [-0.4, -0.2) is 39.6 Å². The summed E-state index contributed by atoms with van der Waals surface area (Å²) in [6.07, 6.45) is 2.43. The molecule has 2 N–H and O–H groups in total. The molecule has 1 aromatic carbocycles. The number of para-hydroxylation sites is 1. The predicted octanol–water partition coefficient (Wildman–Crippen LogP) is 4.94. The van der Waals surface area contributed by atoms with Crippen LogP contribution in [0.3, 0.4) is 0 Å². The summed E-state index contributed by atoms with van der Waals surface area (Å²) in [5.41, 5.74) is 0.288. The van der Waals surface area contributed by atoms with Gasteiger partial charge in [-0.15, -0.1) is 0 Å². The van der Waals surface area contributed by atoms with E-state index in [0.29, 0.717) is 35.3 Å². The highest BCUT2D eigenvalue weighted by atomic mass is 35.5. The van der Waals surface area contributed by atoms with E-state index in [9.17, 15) is 18.4 Å². The van der Waals surface area contributed by atoms with Gasteiger partial charge in [-0.25, -0.2) is 8.78 Å². The molecule has 0 unspecified atom stereocenters. The first kappa shape index (κ1) is 23.9. The van der Waals surface area contributed by atoms with Gasteiger partial charge in [-0.1, -0.05) is 44.5 Å². The van der Waals surface area contributed by atoms with Crippen LogP contribution in [0.1, 0.15) is 69.8 Å². The SMILES string of the molecule is CC(C)(C)[C@H](NC(=O)c1nn(CC2CCC(F)(F)CC2)c2c(Cl)cccc12)C(=O)NC1CC1. The van der Waals surface area contributed by atoms with Crippen molar-refractivity contribution in [2.45, 2.75) is 83.8 Å². The van der Waals surface area contributed by atoms with Crippen LogP contribution in [0.4, 0.5) is 8.78 Å². The molecule has 2 saturated carbocycles. The fourth-order valence-electron chi connectivity index (χ4n) is 4.41. The number of carbonyl (C=O) groups is 2. The van der Waals surface area contributed by atoms with Crippen LogP contribution in [0.2, 0.25) is 5.02 Å². The van der Waals surface area contributed by atoms with Gasteiger partial charge >= 0.3 is 0 Å². The van der Waals surface area contributed by atoms with Crippen molar-refractivity contribution in [3.63, 3.8) is 0 Å². The average Bonchev–Trinajstić information content (AvgIpc) is 3.45. The van der Waals surface area contributed by atoms with Crippen molar-refractivity contribution in [2.75, 3.05) is 0 Å². The molecule has 1 atom stereocenters. The van der Waals surface area contributed by atoms with E-state index in [0.717, 1.165) is 12.8 Å². The molecule has 0 spiro atoms. The second-order valence-electron chi connectivity index (χ2n) is 10.5. The Labute approximate surface area is 197 Å². The molecule has 0 bridgehead atoms. The molecule has 6 nitrogen and oxygen atoms in total. The number of amides is 2. The van der Waals surface area contributed by atoms with E-state index in [2.05, 4.69) is 15.7 Å². The van der Waals surface area contributed by atoms with Crippen molar-refractivity contribution in [1.29, 1.82) is 0 Å². The fourth-order valence-corrected chi connectivity index (χ4v) is 4.68. The standard InChI is InChI=1S/C24H31ClF2N4O2/c1-23(2,3)20(22(33)28-15-7-8-15)29-21(32)18-16-5-4-6-17(25)19(16)31(30-18)13-14-9-11-24(26,27)12-10-14/h4-6,14-15,20H,7-13H2,1-3H3,(H,28,33)(H,29,32)/t20-/m1/s1. The number of fused-ring (bicyclic) bond motifs is 1. The Morgan fingerprint density at radius 2 is 1.88 bits per heavy atom. The third-order valence-corrected chi connectivity index (χ3v) is 6.84. The van der Waals surface area contributed by atoms with E-state index in [1.807, 2.05) is 20.8 Å².